The van der Waals surface area contributed by atoms with Crippen molar-refractivity contribution in [3.05, 3.63) is 71.6 Å². The summed E-state index contributed by atoms with van der Waals surface area (Å²) in [5, 5.41) is 20.2. The Morgan fingerprint density at radius 3 is 2.78 bits per heavy atom. The van der Waals surface area contributed by atoms with E-state index in [4.69, 9.17) is 0 Å². The maximum atomic E-state index is 12.3. The van der Waals surface area contributed by atoms with Gasteiger partial charge in [-0.05, 0) is 18.6 Å². The Morgan fingerprint density at radius 1 is 1.30 bits per heavy atom. The SMILES string of the molecule is Cc1ccc(Cn2nccc2C(=O)C=C(O)c2ncn[nH]2)cc1. The fourth-order valence-corrected chi connectivity index (χ4v) is 2.13. The van der Waals surface area contributed by atoms with Gasteiger partial charge in [0, 0.05) is 12.3 Å². The smallest absolute Gasteiger partial charge is 0.207 e. The van der Waals surface area contributed by atoms with Crippen LogP contribution in [0.4, 0.5) is 0 Å². The van der Waals surface area contributed by atoms with Crippen LogP contribution >= 0.6 is 0 Å². The Hall–Kier alpha value is -3.22. The van der Waals surface area contributed by atoms with Gasteiger partial charge in [-0.25, -0.2) is 4.98 Å². The third-order valence-corrected chi connectivity index (χ3v) is 3.35. The first-order chi connectivity index (χ1) is 11.1. The summed E-state index contributed by atoms with van der Waals surface area (Å²) in [7, 11) is 0. The molecule has 0 saturated heterocycles. The van der Waals surface area contributed by atoms with Crippen LogP contribution in [0.2, 0.25) is 0 Å². The molecule has 1 aromatic carbocycles. The number of hydrogen-bond acceptors (Lipinski definition) is 5. The highest BCUT2D eigenvalue weighted by Gasteiger charge is 2.13. The lowest BCUT2D eigenvalue weighted by molar-refractivity contribution is 0.103. The van der Waals surface area contributed by atoms with Crippen LogP contribution in [0, 0.1) is 6.92 Å². The van der Waals surface area contributed by atoms with E-state index in [0.717, 1.165) is 11.6 Å². The lowest BCUT2D eigenvalue weighted by Crippen LogP contribution is -2.10. The van der Waals surface area contributed by atoms with Gasteiger partial charge in [0.05, 0.1) is 6.54 Å². The van der Waals surface area contributed by atoms with Crippen molar-refractivity contribution in [2.75, 3.05) is 0 Å². The molecule has 0 saturated carbocycles. The third kappa shape index (κ3) is 3.34. The molecule has 0 amide bonds. The molecule has 3 aromatic rings. The van der Waals surface area contributed by atoms with Gasteiger partial charge in [-0.2, -0.15) is 10.2 Å². The topological polar surface area (TPSA) is 96.7 Å². The lowest BCUT2D eigenvalue weighted by Gasteiger charge is -2.06. The van der Waals surface area contributed by atoms with Crippen LogP contribution in [0.15, 0.2) is 48.9 Å². The monoisotopic (exact) mass is 309 g/mol. The number of allylic oxidation sites excluding steroid dienone is 1. The summed E-state index contributed by atoms with van der Waals surface area (Å²) in [4.78, 5) is 16.1. The zero-order chi connectivity index (χ0) is 16.2. The molecule has 0 spiro atoms. The predicted molar refractivity (Wildman–Crippen MR) is 83.8 cm³/mol. The van der Waals surface area contributed by atoms with Crippen molar-refractivity contribution in [3.8, 4) is 0 Å². The number of aryl methyl sites for hydroxylation is 1. The van der Waals surface area contributed by atoms with Crippen LogP contribution in [-0.4, -0.2) is 35.9 Å². The van der Waals surface area contributed by atoms with E-state index in [0.29, 0.717) is 12.2 Å². The highest BCUT2D eigenvalue weighted by molar-refractivity contribution is 6.06. The molecule has 0 unspecified atom stereocenters. The number of aromatic nitrogens is 5. The molecular weight excluding hydrogens is 294 g/mol. The van der Waals surface area contributed by atoms with E-state index in [1.165, 1.54) is 11.9 Å². The standard InChI is InChI=1S/C16H15N5O2/c1-11-2-4-12(5-3-11)9-21-13(6-7-19-21)14(22)8-15(23)16-17-10-18-20-16/h2-8,10,23H,9H2,1H3,(H,17,18,20). The van der Waals surface area contributed by atoms with E-state index in [2.05, 4.69) is 20.3 Å². The number of nitrogens with zero attached hydrogens (tertiary/aromatic N) is 4. The van der Waals surface area contributed by atoms with Gasteiger partial charge in [0.2, 0.25) is 5.78 Å². The molecular formula is C16H15N5O2. The van der Waals surface area contributed by atoms with Gasteiger partial charge < -0.3 is 5.11 Å². The third-order valence-electron chi connectivity index (χ3n) is 3.35. The molecule has 0 aliphatic heterocycles. The first-order valence-corrected chi connectivity index (χ1v) is 7.01. The number of aliphatic hydroxyl groups excluding tert-OH is 1. The minimum absolute atomic E-state index is 0.142. The van der Waals surface area contributed by atoms with Crippen molar-refractivity contribution >= 4 is 11.5 Å². The molecule has 2 aromatic heterocycles. The average molecular weight is 309 g/mol. The van der Waals surface area contributed by atoms with Gasteiger partial charge in [0.1, 0.15) is 12.0 Å². The molecule has 0 fully saturated rings. The lowest BCUT2D eigenvalue weighted by atomic mass is 10.1. The first kappa shape index (κ1) is 14.7. The molecule has 0 atom stereocenters. The molecule has 2 heterocycles. The van der Waals surface area contributed by atoms with Gasteiger partial charge in [-0.15, -0.1) is 0 Å². The molecule has 2 N–H and O–H groups in total. The van der Waals surface area contributed by atoms with Crippen LogP contribution in [0.3, 0.4) is 0 Å². The largest absolute Gasteiger partial charge is 0.504 e. The van der Waals surface area contributed by atoms with E-state index in [1.807, 2.05) is 31.2 Å². The van der Waals surface area contributed by atoms with E-state index < -0.39 is 0 Å². The highest BCUT2D eigenvalue weighted by Crippen LogP contribution is 2.11. The number of rotatable bonds is 5. The zero-order valence-corrected chi connectivity index (χ0v) is 12.5. The van der Waals surface area contributed by atoms with Gasteiger partial charge in [0.15, 0.2) is 11.6 Å². The number of aromatic amines is 1. The molecule has 0 aliphatic carbocycles. The number of H-pyrrole nitrogens is 1. The number of hydrogen-bond donors (Lipinski definition) is 2. The number of benzene rings is 1. The quantitative estimate of drug-likeness (QED) is 0.427. The van der Waals surface area contributed by atoms with Gasteiger partial charge >= 0.3 is 0 Å². The Bertz CT molecular complexity index is 832. The summed E-state index contributed by atoms with van der Waals surface area (Å²) < 4.78 is 1.59. The molecule has 3 rings (SSSR count). The second-order valence-electron chi connectivity index (χ2n) is 5.09. The second-order valence-corrected chi connectivity index (χ2v) is 5.09. The minimum Gasteiger partial charge on any atom is -0.504 e. The summed E-state index contributed by atoms with van der Waals surface area (Å²) in [6.07, 6.45) is 3.91. The highest BCUT2D eigenvalue weighted by atomic mass is 16.3. The summed E-state index contributed by atoms with van der Waals surface area (Å²) in [6, 6.07) is 9.62. The minimum atomic E-state index is -0.358. The molecule has 116 valence electrons. The molecule has 0 bridgehead atoms. The van der Waals surface area contributed by atoms with Crippen molar-refractivity contribution < 1.29 is 9.90 Å². The predicted octanol–water partition coefficient (Wildman–Crippen LogP) is 2.14. The Kier molecular flexibility index (Phi) is 4.01. The fourth-order valence-electron chi connectivity index (χ4n) is 2.13. The molecule has 7 heteroatoms. The van der Waals surface area contributed by atoms with Gasteiger partial charge in [-0.1, -0.05) is 29.8 Å². The van der Waals surface area contributed by atoms with E-state index in [1.54, 1.807) is 16.9 Å². The van der Waals surface area contributed by atoms with Crippen molar-refractivity contribution in [3.63, 3.8) is 0 Å². The number of aliphatic hydroxyl groups is 1. The summed E-state index contributed by atoms with van der Waals surface area (Å²) in [5.41, 5.74) is 2.60. The van der Waals surface area contributed by atoms with Crippen LogP contribution in [0.1, 0.15) is 27.4 Å². The normalized spacial score (nSPS) is 11.6. The Morgan fingerprint density at radius 2 is 2.09 bits per heavy atom. The number of nitrogens with one attached hydrogen (secondary N) is 1. The molecule has 0 aliphatic rings. The first-order valence-electron chi connectivity index (χ1n) is 7.01. The van der Waals surface area contributed by atoms with E-state index >= 15 is 0 Å². The maximum Gasteiger partial charge on any atom is 0.207 e. The Balaban J connectivity index is 1.81. The van der Waals surface area contributed by atoms with Crippen molar-refractivity contribution in [2.45, 2.75) is 13.5 Å². The zero-order valence-electron chi connectivity index (χ0n) is 12.5. The van der Waals surface area contributed by atoms with Crippen LogP contribution in [0.25, 0.3) is 5.76 Å². The maximum absolute atomic E-state index is 12.3. The molecule has 7 nitrogen and oxygen atoms in total. The fraction of sp³-hybridized carbons (Fsp3) is 0.125. The van der Waals surface area contributed by atoms with Gasteiger partial charge in [0.25, 0.3) is 0 Å². The second kappa shape index (κ2) is 6.27. The molecule has 0 radical (unpaired) electrons. The van der Waals surface area contributed by atoms with Gasteiger partial charge in [-0.3, -0.25) is 14.6 Å². The van der Waals surface area contributed by atoms with Crippen molar-refractivity contribution in [1.82, 2.24) is 25.0 Å². The van der Waals surface area contributed by atoms with E-state index in [-0.39, 0.29) is 17.4 Å². The van der Waals surface area contributed by atoms with Crippen molar-refractivity contribution in [1.29, 1.82) is 0 Å². The van der Waals surface area contributed by atoms with Crippen LogP contribution in [-0.2, 0) is 6.54 Å². The van der Waals surface area contributed by atoms with Crippen LogP contribution < -0.4 is 0 Å². The summed E-state index contributed by atoms with van der Waals surface area (Å²) >= 11 is 0. The van der Waals surface area contributed by atoms with Crippen LogP contribution in [0.5, 0.6) is 0 Å². The Labute approximate surface area is 132 Å². The summed E-state index contributed by atoms with van der Waals surface area (Å²) in [5.74, 6) is -0.484. The molecule has 23 heavy (non-hydrogen) atoms. The number of carbonyl (C=O) groups is 1. The summed E-state index contributed by atoms with van der Waals surface area (Å²) in [6.45, 7) is 2.50. The van der Waals surface area contributed by atoms with E-state index in [9.17, 15) is 9.90 Å². The average Bonchev–Trinajstić information content (AvgIpc) is 3.20. The number of ketones is 1. The van der Waals surface area contributed by atoms with Crippen molar-refractivity contribution in [2.24, 2.45) is 0 Å². The number of carbonyl (C=O) groups excluding carboxylic acids is 1.